The van der Waals surface area contributed by atoms with Crippen LogP contribution in [0.25, 0.3) is 11.0 Å². The van der Waals surface area contributed by atoms with E-state index in [4.69, 9.17) is 9.47 Å². The van der Waals surface area contributed by atoms with Gasteiger partial charge in [0.15, 0.2) is 0 Å². The molecule has 1 unspecified atom stereocenters. The van der Waals surface area contributed by atoms with Gasteiger partial charge in [-0.15, -0.1) is 0 Å². The number of hydrogen-bond donors (Lipinski definition) is 0. The fourth-order valence-electron chi connectivity index (χ4n) is 3.76. The molecule has 2 aromatic rings. The quantitative estimate of drug-likeness (QED) is 0.753. The van der Waals surface area contributed by atoms with Gasteiger partial charge in [-0.1, -0.05) is 0 Å². The smallest absolute Gasteiger partial charge is 0.410 e. The van der Waals surface area contributed by atoms with E-state index in [9.17, 15) is 9.59 Å². The van der Waals surface area contributed by atoms with Crippen molar-refractivity contribution in [2.24, 2.45) is 0 Å². The number of amides is 1. The summed E-state index contributed by atoms with van der Waals surface area (Å²) in [7, 11) is 1.79. The predicted molar refractivity (Wildman–Crippen MR) is 106 cm³/mol. The Morgan fingerprint density at radius 1 is 1.36 bits per heavy atom. The summed E-state index contributed by atoms with van der Waals surface area (Å²) in [5, 5.41) is 0. The topological polar surface area (TPSA) is 73.7 Å². The van der Waals surface area contributed by atoms with Gasteiger partial charge in [0.2, 0.25) is 0 Å². The van der Waals surface area contributed by atoms with E-state index < -0.39 is 5.60 Å². The maximum Gasteiger partial charge on any atom is 0.410 e. The van der Waals surface area contributed by atoms with Crippen molar-refractivity contribution < 1.29 is 19.1 Å². The van der Waals surface area contributed by atoms with Crippen molar-refractivity contribution in [1.29, 1.82) is 0 Å². The summed E-state index contributed by atoms with van der Waals surface area (Å²) < 4.78 is 12.7. The summed E-state index contributed by atoms with van der Waals surface area (Å²) in [5.41, 5.74) is 3.51. The minimum absolute atomic E-state index is 0.0333. The molecule has 0 aliphatic heterocycles. The highest BCUT2D eigenvalue weighted by atomic mass is 16.6. The standard InChI is InChI=1S/C21H29N3O4/c1-6-27-18(25)13-24-16-10-9-14(23(5)20(26)28-21(2,3)4)12-15(16)19-17(24)8-7-11-22-19/h7-8,11,14H,6,9-10,12-13H2,1-5H3. The zero-order valence-electron chi connectivity index (χ0n) is 17.3. The van der Waals surface area contributed by atoms with Crippen LogP contribution in [0.15, 0.2) is 18.3 Å². The molecule has 0 bridgehead atoms. The fraction of sp³-hybridized carbons (Fsp3) is 0.571. The van der Waals surface area contributed by atoms with Crippen LogP contribution in [0.4, 0.5) is 4.79 Å². The van der Waals surface area contributed by atoms with Crippen LogP contribution in [0, 0.1) is 0 Å². The molecule has 7 heteroatoms. The SMILES string of the molecule is CCOC(=O)Cn1c2c(c3ncccc31)CC(N(C)C(=O)OC(C)(C)C)CC2. The predicted octanol–water partition coefficient (Wildman–Crippen LogP) is 3.32. The molecule has 1 amide bonds. The van der Waals surface area contributed by atoms with Crippen LogP contribution in [-0.4, -0.2) is 51.8 Å². The van der Waals surface area contributed by atoms with Gasteiger partial charge in [0, 0.05) is 30.5 Å². The summed E-state index contributed by atoms with van der Waals surface area (Å²) >= 11 is 0. The molecule has 3 rings (SSSR count). The van der Waals surface area contributed by atoms with Gasteiger partial charge in [0.05, 0.1) is 17.6 Å². The summed E-state index contributed by atoms with van der Waals surface area (Å²) in [6.45, 7) is 7.94. The molecule has 152 valence electrons. The fourth-order valence-corrected chi connectivity index (χ4v) is 3.76. The highest BCUT2D eigenvalue weighted by molar-refractivity contribution is 5.84. The van der Waals surface area contributed by atoms with E-state index >= 15 is 0 Å². The molecule has 1 aliphatic rings. The Morgan fingerprint density at radius 3 is 2.79 bits per heavy atom. The van der Waals surface area contributed by atoms with Gasteiger partial charge in [-0.05, 0) is 59.1 Å². The number of fused-ring (bicyclic) bond motifs is 3. The molecule has 0 N–H and O–H groups in total. The van der Waals surface area contributed by atoms with Crippen molar-refractivity contribution in [1.82, 2.24) is 14.5 Å². The lowest BCUT2D eigenvalue weighted by Gasteiger charge is -2.33. The van der Waals surface area contributed by atoms with Crippen molar-refractivity contribution in [3.63, 3.8) is 0 Å². The van der Waals surface area contributed by atoms with Gasteiger partial charge in [0.1, 0.15) is 12.1 Å². The van der Waals surface area contributed by atoms with Gasteiger partial charge < -0.3 is 18.9 Å². The van der Waals surface area contributed by atoms with Crippen molar-refractivity contribution >= 4 is 23.1 Å². The number of esters is 1. The third kappa shape index (κ3) is 4.13. The molecule has 2 heterocycles. The maximum atomic E-state index is 12.5. The Hall–Kier alpha value is -2.57. The second kappa shape index (κ2) is 7.81. The van der Waals surface area contributed by atoms with E-state index in [1.807, 2.05) is 37.5 Å². The molecule has 0 spiro atoms. The van der Waals surface area contributed by atoms with Crippen molar-refractivity contribution in [3.8, 4) is 0 Å². The first-order chi connectivity index (χ1) is 13.2. The zero-order valence-corrected chi connectivity index (χ0v) is 17.3. The lowest BCUT2D eigenvalue weighted by atomic mass is 9.92. The molecule has 0 fully saturated rings. The van der Waals surface area contributed by atoms with Crippen LogP contribution in [0.5, 0.6) is 0 Å². The number of carbonyl (C=O) groups is 2. The van der Waals surface area contributed by atoms with E-state index in [1.54, 1.807) is 25.1 Å². The van der Waals surface area contributed by atoms with Gasteiger partial charge in [-0.2, -0.15) is 0 Å². The number of aromatic nitrogens is 2. The monoisotopic (exact) mass is 387 g/mol. The van der Waals surface area contributed by atoms with E-state index in [1.165, 1.54) is 0 Å². The number of ether oxygens (including phenoxy) is 2. The molecule has 2 aromatic heterocycles. The molecule has 0 saturated heterocycles. The average Bonchev–Trinajstić information content (AvgIpc) is 2.93. The Balaban J connectivity index is 1.89. The third-order valence-corrected chi connectivity index (χ3v) is 5.01. The number of hydrogen-bond acceptors (Lipinski definition) is 5. The zero-order chi connectivity index (χ0) is 20.5. The van der Waals surface area contributed by atoms with Crippen molar-refractivity contribution in [3.05, 3.63) is 29.6 Å². The first-order valence-electron chi connectivity index (χ1n) is 9.77. The van der Waals surface area contributed by atoms with Crippen LogP contribution in [0.1, 0.15) is 45.4 Å². The van der Waals surface area contributed by atoms with E-state index in [2.05, 4.69) is 4.98 Å². The van der Waals surface area contributed by atoms with Crippen molar-refractivity contribution in [2.45, 2.75) is 65.1 Å². The van der Waals surface area contributed by atoms with Crippen LogP contribution in [0.3, 0.4) is 0 Å². The van der Waals surface area contributed by atoms with Crippen LogP contribution in [-0.2, 0) is 33.7 Å². The molecule has 1 aliphatic carbocycles. The Bertz CT molecular complexity index is 882. The minimum atomic E-state index is -0.525. The molecular weight excluding hydrogens is 358 g/mol. The third-order valence-electron chi connectivity index (χ3n) is 5.01. The first kappa shape index (κ1) is 20.2. The number of carbonyl (C=O) groups excluding carboxylic acids is 2. The molecule has 0 saturated carbocycles. The molecule has 0 radical (unpaired) electrons. The van der Waals surface area contributed by atoms with E-state index in [0.29, 0.717) is 13.0 Å². The Labute approximate surface area is 165 Å². The number of pyridine rings is 1. The Kier molecular flexibility index (Phi) is 5.63. The number of rotatable bonds is 4. The second-order valence-electron chi connectivity index (χ2n) is 8.18. The number of likely N-dealkylation sites (N-methyl/N-ethyl adjacent to an activating group) is 1. The number of nitrogens with zero attached hydrogens (tertiary/aromatic N) is 3. The van der Waals surface area contributed by atoms with Crippen LogP contribution >= 0.6 is 0 Å². The van der Waals surface area contributed by atoms with Gasteiger partial charge >= 0.3 is 12.1 Å². The highest BCUT2D eigenvalue weighted by Crippen LogP contribution is 2.32. The van der Waals surface area contributed by atoms with Crippen LogP contribution < -0.4 is 0 Å². The largest absolute Gasteiger partial charge is 0.465 e. The first-order valence-corrected chi connectivity index (χ1v) is 9.77. The van der Waals surface area contributed by atoms with Crippen LogP contribution in [0.2, 0.25) is 0 Å². The lowest BCUT2D eigenvalue weighted by Crippen LogP contribution is -2.43. The molecular formula is C21H29N3O4. The summed E-state index contributed by atoms with van der Waals surface area (Å²) in [4.78, 5) is 30.8. The van der Waals surface area contributed by atoms with Gasteiger partial charge in [-0.25, -0.2) is 4.79 Å². The molecule has 0 aromatic carbocycles. The highest BCUT2D eigenvalue weighted by Gasteiger charge is 2.32. The van der Waals surface area contributed by atoms with Gasteiger partial charge in [0.25, 0.3) is 0 Å². The normalized spacial score (nSPS) is 16.5. The summed E-state index contributed by atoms with van der Waals surface area (Å²) in [6.07, 6.45) is 3.71. The minimum Gasteiger partial charge on any atom is -0.465 e. The molecule has 28 heavy (non-hydrogen) atoms. The Morgan fingerprint density at radius 2 is 2.11 bits per heavy atom. The lowest BCUT2D eigenvalue weighted by molar-refractivity contribution is -0.143. The van der Waals surface area contributed by atoms with E-state index in [-0.39, 0.29) is 24.6 Å². The molecule has 7 nitrogen and oxygen atoms in total. The van der Waals surface area contributed by atoms with Gasteiger partial charge in [-0.3, -0.25) is 9.78 Å². The average molecular weight is 387 g/mol. The van der Waals surface area contributed by atoms with Crippen molar-refractivity contribution in [2.75, 3.05) is 13.7 Å². The summed E-state index contributed by atoms with van der Waals surface area (Å²) in [6, 6.07) is 3.89. The second-order valence-corrected chi connectivity index (χ2v) is 8.18. The summed E-state index contributed by atoms with van der Waals surface area (Å²) in [5.74, 6) is -0.251. The molecule has 1 atom stereocenters. The van der Waals surface area contributed by atoms with E-state index in [0.717, 1.165) is 35.1 Å². The maximum absolute atomic E-state index is 12.5.